The molecule has 2 N–H and O–H groups in total. The second-order valence-electron chi connectivity index (χ2n) is 9.48. The Bertz CT molecular complexity index is 430. The van der Waals surface area contributed by atoms with Gasteiger partial charge in [0, 0.05) is 0 Å². The smallest absolute Gasteiger partial charge is 0.293 e. The molecule has 0 aromatic rings. The maximum Gasteiger partial charge on any atom is 0.403 e. The van der Waals surface area contributed by atoms with E-state index in [1.165, 1.54) is 12.8 Å². The molecule has 2 saturated carbocycles. The number of nitrogens with two attached hydrogens (primary N) is 1. The molecular formula is C20H40NO3P. The minimum absolute atomic E-state index is 0.0434. The SMILES string of the molecule is CC(C)[C@H]1CC[C@H](C)C[C@@H]1OP(N)(=O)O[C@H]1C[C@H](C)CC[C@H]1C(C)C. The molecule has 25 heavy (non-hydrogen) atoms. The Morgan fingerprint density at radius 2 is 1.16 bits per heavy atom. The third-order valence-corrected chi connectivity index (χ3v) is 7.62. The Morgan fingerprint density at radius 1 is 0.800 bits per heavy atom. The summed E-state index contributed by atoms with van der Waals surface area (Å²) in [6.45, 7) is 13.4. The summed E-state index contributed by atoms with van der Waals surface area (Å²) in [7, 11) is -3.54. The highest BCUT2D eigenvalue weighted by Gasteiger charge is 2.40. The van der Waals surface area contributed by atoms with Crippen LogP contribution in [0.5, 0.6) is 0 Å². The molecule has 7 atom stereocenters. The fourth-order valence-corrected chi connectivity index (χ4v) is 6.16. The molecule has 0 saturated heterocycles. The lowest BCUT2D eigenvalue weighted by Gasteiger charge is -2.40. The van der Waals surface area contributed by atoms with Crippen LogP contribution in [0.3, 0.4) is 0 Å². The van der Waals surface area contributed by atoms with E-state index in [0.717, 1.165) is 25.7 Å². The van der Waals surface area contributed by atoms with Gasteiger partial charge in [-0.05, 0) is 61.2 Å². The van der Waals surface area contributed by atoms with Crippen molar-refractivity contribution < 1.29 is 13.6 Å². The van der Waals surface area contributed by atoms with Crippen molar-refractivity contribution in [1.29, 1.82) is 0 Å². The van der Waals surface area contributed by atoms with Crippen molar-refractivity contribution in [1.82, 2.24) is 0 Å². The Morgan fingerprint density at radius 3 is 1.48 bits per heavy atom. The first-order valence-corrected chi connectivity index (χ1v) is 12.0. The predicted molar refractivity (Wildman–Crippen MR) is 104 cm³/mol. The minimum atomic E-state index is -3.54. The summed E-state index contributed by atoms with van der Waals surface area (Å²) in [5.74, 6) is 3.05. The van der Waals surface area contributed by atoms with E-state index in [1.54, 1.807) is 0 Å². The van der Waals surface area contributed by atoms with Crippen molar-refractivity contribution in [3.63, 3.8) is 0 Å². The molecule has 148 valence electrons. The van der Waals surface area contributed by atoms with Gasteiger partial charge in [0.1, 0.15) is 0 Å². The van der Waals surface area contributed by atoms with E-state index >= 15 is 0 Å². The van der Waals surface area contributed by atoms with E-state index in [4.69, 9.17) is 14.6 Å². The molecule has 0 aromatic heterocycles. The summed E-state index contributed by atoms with van der Waals surface area (Å²) in [4.78, 5) is 0. The van der Waals surface area contributed by atoms with Crippen molar-refractivity contribution in [2.75, 3.05) is 0 Å². The zero-order chi connectivity index (χ0) is 18.8. The van der Waals surface area contributed by atoms with Gasteiger partial charge >= 0.3 is 7.75 Å². The first-order valence-electron chi connectivity index (χ1n) is 10.3. The Balaban J connectivity index is 2.04. The molecule has 2 aliphatic rings. The van der Waals surface area contributed by atoms with E-state index in [-0.39, 0.29) is 12.2 Å². The number of rotatable bonds is 6. The second-order valence-corrected chi connectivity index (χ2v) is 11.0. The van der Waals surface area contributed by atoms with E-state index in [0.29, 0.717) is 35.5 Å². The van der Waals surface area contributed by atoms with Gasteiger partial charge in [-0.3, -0.25) is 9.05 Å². The molecule has 0 bridgehead atoms. The highest BCUT2D eigenvalue weighted by molar-refractivity contribution is 7.51. The van der Waals surface area contributed by atoms with Crippen molar-refractivity contribution >= 4 is 7.75 Å². The third kappa shape index (κ3) is 6.06. The molecule has 0 aliphatic heterocycles. The summed E-state index contributed by atoms with van der Waals surface area (Å²) in [5, 5.41) is 0. The van der Waals surface area contributed by atoms with Crippen molar-refractivity contribution in [3.8, 4) is 0 Å². The molecule has 0 heterocycles. The molecule has 0 aromatic carbocycles. The van der Waals surface area contributed by atoms with Crippen LogP contribution in [0.4, 0.5) is 0 Å². The van der Waals surface area contributed by atoms with Crippen LogP contribution in [0, 0.1) is 35.5 Å². The molecule has 4 nitrogen and oxygen atoms in total. The first kappa shape index (κ1) is 21.4. The average molecular weight is 374 g/mol. The lowest BCUT2D eigenvalue weighted by Crippen LogP contribution is -2.37. The van der Waals surface area contributed by atoms with E-state index < -0.39 is 7.75 Å². The normalized spacial score (nSPS) is 39.6. The zero-order valence-corrected chi connectivity index (χ0v) is 18.0. The average Bonchev–Trinajstić information content (AvgIpc) is 2.45. The van der Waals surface area contributed by atoms with Gasteiger partial charge in [-0.2, -0.15) is 0 Å². The molecule has 0 radical (unpaired) electrons. The molecule has 2 rings (SSSR count). The van der Waals surface area contributed by atoms with Crippen LogP contribution in [0.25, 0.3) is 0 Å². The van der Waals surface area contributed by atoms with Gasteiger partial charge in [-0.15, -0.1) is 0 Å². The molecule has 1 unspecified atom stereocenters. The molecule has 0 spiro atoms. The molecule has 0 amide bonds. The fourth-order valence-electron chi connectivity index (χ4n) is 4.87. The van der Waals surface area contributed by atoms with Crippen LogP contribution in [0.15, 0.2) is 0 Å². The van der Waals surface area contributed by atoms with Crippen LogP contribution in [0.1, 0.15) is 80.1 Å². The van der Waals surface area contributed by atoms with Crippen LogP contribution in [0.2, 0.25) is 0 Å². The van der Waals surface area contributed by atoms with Gasteiger partial charge in [0.2, 0.25) is 0 Å². The largest absolute Gasteiger partial charge is 0.403 e. The molecule has 5 heteroatoms. The first-order chi connectivity index (χ1) is 11.6. The van der Waals surface area contributed by atoms with Crippen LogP contribution < -0.4 is 5.50 Å². The Hall–Kier alpha value is 0.110. The van der Waals surface area contributed by atoms with E-state index in [2.05, 4.69) is 41.5 Å². The highest BCUT2D eigenvalue weighted by atomic mass is 31.2. The van der Waals surface area contributed by atoms with Crippen LogP contribution in [-0.4, -0.2) is 12.2 Å². The number of hydrogen-bond donors (Lipinski definition) is 1. The Kier molecular flexibility index (Phi) is 7.59. The predicted octanol–water partition coefficient (Wildman–Crippen LogP) is 6.01. The van der Waals surface area contributed by atoms with Gasteiger partial charge in [0.25, 0.3) is 0 Å². The monoisotopic (exact) mass is 373 g/mol. The third-order valence-electron chi connectivity index (χ3n) is 6.49. The van der Waals surface area contributed by atoms with E-state index in [1.807, 2.05) is 0 Å². The minimum Gasteiger partial charge on any atom is -0.293 e. The lowest BCUT2D eigenvalue weighted by atomic mass is 9.75. The van der Waals surface area contributed by atoms with Gasteiger partial charge in [0.05, 0.1) is 12.2 Å². The molecule has 2 fully saturated rings. The summed E-state index contributed by atoms with van der Waals surface area (Å²) >= 11 is 0. The quantitative estimate of drug-likeness (QED) is 0.579. The standard InChI is InChI=1S/C20H40NO3P/c1-13(2)17-9-7-15(5)11-19(17)23-25(21,22)24-20-12-16(6)8-10-18(20)14(3)4/h13-20H,7-12H2,1-6H3,(H2,21,22)/t15-,16+,17+,18-,19-,20-,25?/m0/s1. The molecule has 2 aliphatic carbocycles. The highest BCUT2D eigenvalue weighted by Crippen LogP contribution is 2.51. The number of hydrogen-bond acceptors (Lipinski definition) is 3. The second kappa shape index (κ2) is 8.87. The van der Waals surface area contributed by atoms with Crippen LogP contribution in [-0.2, 0) is 13.6 Å². The van der Waals surface area contributed by atoms with Gasteiger partial charge in [0.15, 0.2) is 0 Å². The van der Waals surface area contributed by atoms with Crippen LogP contribution >= 0.6 is 7.75 Å². The summed E-state index contributed by atoms with van der Waals surface area (Å²) in [6, 6.07) is 0. The lowest BCUT2D eigenvalue weighted by molar-refractivity contribution is -0.00346. The van der Waals surface area contributed by atoms with Crippen molar-refractivity contribution in [2.24, 2.45) is 41.0 Å². The Labute approximate surface area is 155 Å². The van der Waals surface area contributed by atoms with Gasteiger partial charge in [-0.25, -0.2) is 10.1 Å². The summed E-state index contributed by atoms with van der Waals surface area (Å²) < 4.78 is 25.0. The topological polar surface area (TPSA) is 61.5 Å². The molecular weight excluding hydrogens is 333 g/mol. The summed E-state index contributed by atoms with van der Waals surface area (Å²) in [5.41, 5.74) is 6.11. The maximum atomic E-state index is 13.0. The zero-order valence-electron chi connectivity index (χ0n) is 17.1. The summed E-state index contributed by atoms with van der Waals surface area (Å²) in [6.07, 6.45) is 6.46. The van der Waals surface area contributed by atoms with Crippen molar-refractivity contribution in [3.05, 3.63) is 0 Å². The van der Waals surface area contributed by atoms with Gasteiger partial charge < -0.3 is 0 Å². The van der Waals surface area contributed by atoms with E-state index in [9.17, 15) is 4.57 Å². The fraction of sp³-hybridized carbons (Fsp3) is 1.00. The van der Waals surface area contributed by atoms with Crippen molar-refractivity contribution in [2.45, 2.75) is 92.3 Å². The van der Waals surface area contributed by atoms with Gasteiger partial charge in [-0.1, -0.05) is 54.4 Å². The maximum absolute atomic E-state index is 13.0.